The van der Waals surface area contributed by atoms with Gasteiger partial charge in [-0.05, 0) is 38.5 Å². The second-order valence-corrected chi connectivity index (χ2v) is 7.71. The van der Waals surface area contributed by atoms with Gasteiger partial charge >= 0.3 is 0 Å². The van der Waals surface area contributed by atoms with Gasteiger partial charge in [-0.2, -0.15) is 0 Å². The van der Waals surface area contributed by atoms with Crippen LogP contribution < -0.4 is 10.6 Å². The number of piperidine rings is 2. The Morgan fingerprint density at radius 1 is 1.00 bits per heavy atom. The normalized spacial score (nSPS) is 30.3. The molecule has 3 aliphatic rings. The molecule has 1 saturated carbocycles. The summed E-state index contributed by atoms with van der Waals surface area (Å²) in [5.41, 5.74) is 7.07. The summed E-state index contributed by atoms with van der Waals surface area (Å²) in [4.78, 5) is 13.9. The molecule has 0 amide bonds. The molecule has 0 atom stereocenters. The Balaban J connectivity index is 1.33. The number of rotatable bonds is 3. The van der Waals surface area contributed by atoms with Gasteiger partial charge in [-0.3, -0.25) is 0 Å². The van der Waals surface area contributed by atoms with Crippen molar-refractivity contribution in [2.75, 3.05) is 31.1 Å². The third-order valence-electron chi connectivity index (χ3n) is 6.07. The summed E-state index contributed by atoms with van der Waals surface area (Å²) in [5.74, 6) is 1.60. The first-order valence-corrected chi connectivity index (χ1v) is 9.43. The molecule has 6 heteroatoms. The summed E-state index contributed by atoms with van der Waals surface area (Å²) in [6.07, 6.45) is 7.97. The van der Waals surface area contributed by atoms with Crippen LogP contribution in [0, 0.1) is 0 Å². The molecule has 1 aliphatic carbocycles. The molecule has 0 aromatic carbocycles. The quantitative estimate of drug-likeness (QED) is 0.864. The summed E-state index contributed by atoms with van der Waals surface area (Å²) in [5, 5.41) is 9.67. The minimum Gasteiger partial charge on any atom is -0.393 e. The number of nitrogens with zero attached hydrogens (tertiary/aromatic N) is 4. The van der Waals surface area contributed by atoms with Gasteiger partial charge in [0.1, 0.15) is 12.1 Å². The second-order valence-electron chi connectivity index (χ2n) is 7.71. The molecular formula is C18H29N5O. The van der Waals surface area contributed by atoms with Gasteiger partial charge in [0.05, 0.1) is 6.10 Å². The van der Waals surface area contributed by atoms with Crippen LogP contribution in [-0.4, -0.2) is 64.3 Å². The molecule has 2 aliphatic heterocycles. The van der Waals surface area contributed by atoms with E-state index < -0.39 is 0 Å². The van der Waals surface area contributed by atoms with Crippen LogP contribution in [0.1, 0.15) is 50.1 Å². The van der Waals surface area contributed by atoms with Crippen molar-refractivity contribution in [2.45, 2.75) is 62.6 Å². The molecule has 0 radical (unpaired) electrons. The molecule has 6 nitrogen and oxygen atoms in total. The minimum atomic E-state index is -0.0830. The molecule has 24 heavy (non-hydrogen) atoms. The van der Waals surface area contributed by atoms with Crippen LogP contribution in [-0.2, 0) is 0 Å². The van der Waals surface area contributed by atoms with Crippen molar-refractivity contribution in [3.63, 3.8) is 0 Å². The zero-order chi connectivity index (χ0) is 16.5. The summed E-state index contributed by atoms with van der Waals surface area (Å²) in [6.45, 7) is 4.21. The highest BCUT2D eigenvalue weighted by molar-refractivity contribution is 5.40. The maximum Gasteiger partial charge on any atom is 0.132 e. The maximum atomic E-state index is 9.67. The van der Waals surface area contributed by atoms with E-state index >= 15 is 0 Å². The summed E-state index contributed by atoms with van der Waals surface area (Å²) in [7, 11) is 0. The third-order valence-corrected chi connectivity index (χ3v) is 6.07. The lowest BCUT2D eigenvalue weighted by atomic mass is 9.78. The number of nitrogens with two attached hydrogens (primary N) is 1. The van der Waals surface area contributed by atoms with Crippen molar-refractivity contribution >= 4 is 5.82 Å². The fraction of sp³-hybridized carbons (Fsp3) is 0.778. The van der Waals surface area contributed by atoms with Crippen molar-refractivity contribution in [1.29, 1.82) is 0 Å². The molecule has 0 bridgehead atoms. The van der Waals surface area contributed by atoms with E-state index in [0.717, 1.165) is 63.4 Å². The molecule has 0 spiro atoms. The average molecular weight is 331 g/mol. The molecule has 0 unspecified atom stereocenters. The van der Waals surface area contributed by atoms with E-state index in [1.165, 1.54) is 12.8 Å². The molecule has 3 N–H and O–H groups in total. The Bertz CT molecular complexity index is 546. The number of hydrogen-bond donors (Lipinski definition) is 2. The van der Waals surface area contributed by atoms with Gasteiger partial charge in [0, 0.05) is 55.9 Å². The molecule has 3 fully saturated rings. The fourth-order valence-electron chi connectivity index (χ4n) is 4.37. The van der Waals surface area contributed by atoms with E-state index in [9.17, 15) is 5.11 Å². The van der Waals surface area contributed by atoms with Crippen LogP contribution in [0.4, 0.5) is 5.82 Å². The van der Waals surface area contributed by atoms with Crippen LogP contribution in [0.15, 0.2) is 12.4 Å². The van der Waals surface area contributed by atoms with Crippen LogP contribution >= 0.6 is 0 Å². The Kier molecular flexibility index (Phi) is 4.70. The highest BCUT2D eigenvalue weighted by atomic mass is 16.3. The van der Waals surface area contributed by atoms with E-state index in [0.29, 0.717) is 18.0 Å². The zero-order valence-electron chi connectivity index (χ0n) is 14.3. The highest BCUT2D eigenvalue weighted by Crippen LogP contribution is 2.35. The molecule has 4 rings (SSSR count). The van der Waals surface area contributed by atoms with Crippen molar-refractivity contribution in [1.82, 2.24) is 14.9 Å². The number of aliphatic hydroxyl groups is 1. The Labute approximate surface area is 144 Å². The fourth-order valence-corrected chi connectivity index (χ4v) is 4.37. The van der Waals surface area contributed by atoms with Crippen LogP contribution in [0.2, 0.25) is 0 Å². The van der Waals surface area contributed by atoms with Gasteiger partial charge in [0.25, 0.3) is 0 Å². The minimum absolute atomic E-state index is 0.0830. The third kappa shape index (κ3) is 3.41. The Hall–Kier alpha value is -1.24. The molecule has 2 saturated heterocycles. The zero-order valence-corrected chi connectivity index (χ0v) is 14.3. The van der Waals surface area contributed by atoms with E-state index in [1.54, 1.807) is 6.33 Å². The number of hydrogen-bond acceptors (Lipinski definition) is 6. The number of likely N-dealkylation sites (tertiary alicyclic amines) is 1. The van der Waals surface area contributed by atoms with E-state index in [2.05, 4.69) is 25.8 Å². The van der Waals surface area contributed by atoms with E-state index in [4.69, 9.17) is 5.73 Å². The van der Waals surface area contributed by atoms with Crippen molar-refractivity contribution in [2.24, 2.45) is 5.73 Å². The predicted molar refractivity (Wildman–Crippen MR) is 94.0 cm³/mol. The molecule has 132 valence electrons. The molecule has 1 aromatic rings. The van der Waals surface area contributed by atoms with Crippen LogP contribution in [0.5, 0.6) is 0 Å². The lowest BCUT2D eigenvalue weighted by Crippen LogP contribution is -2.48. The summed E-state index contributed by atoms with van der Waals surface area (Å²) >= 11 is 0. The topological polar surface area (TPSA) is 78.5 Å². The first kappa shape index (κ1) is 16.2. The van der Waals surface area contributed by atoms with Gasteiger partial charge in [-0.25, -0.2) is 9.97 Å². The van der Waals surface area contributed by atoms with Gasteiger partial charge in [-0.1, -0.05) is 0 Å². The van der Waals surface area contributed by atoms with Crippen LogP contribution in [0.3, 0.4) is 0 Å². The van der Waals surface area contributed by atoms with Crippen molar-refractivity contribution in [3.05, 3.63) is 18.1 Å². The molecule has 1 aromatic heterocycles. The summed E-state index contributed by atoms with van der Waals surface area (Å²) in [6, 6.07) is 3.20. The number of anilines is 1. The number of aromatic nitrogens is 2. The Morgan fingerprint density at radius 2 is 1.71 bits per heavy atom. The average Bonchev–Trinajstić information content (AvgIpc) is 2.60. The van der Waals surface area contributed by atoms with Gasteiger partial charge < -0.3 is 20.6 Å². The molecule has 3 heterocycles. The lowest BCUT2D eigenvalue weighted by molar-refractivity contribution is 0.0542. The SMILES string of the molecule is NC1CC(c2cc(N3CCC(N4CCC(O)CC4)CC3)ncn2)C1. The first-order valence-electron chi connectivity index (χ1n) is 9.43. The standard InChI is InChI=1S/C18H29N5O/c19-14-9-13(10-14)17-11-18(21-12-20-17)23-5-1-15(2-6-23)22-7-3-16(24)4-8-22/h11-16,24H,1-10,19H2. The second kappa shape index (κ2) is 6.94. The number of aliphatic hydroxyl groups excluding tert-OH is 1. The van der Waals surface area contributed by atoms with Gasteiger partial charge in [0.2, 0.25) is 0 Å². The summed E-state index contributed by atoms with van der Waals surface area (Å²) < 4.78 is 0. The van der Waals surface area contributed by atoms with Crippen molar-refractivity contribution in [3.8, 4) is 0 Å². The molecular weight excluding hydrogens is 302 g/mol. The lowest BCUT2D eigenvalue weighted by Gasteiger charge is -2.41. The van der Waals surface area contributed by atoms with E-state index in [1.807, 2.05) is 0 Å². The van der Waals surface area contributed by atoms with Gasteiger partial charge in [0.15, 0.2) is 0 Å². The monoisotopic (exact) mass is 331 g/mol. The van der Waals surface area contributed by atoms with Gasteiger partial charge in [-0.15, -0.1) is 0 Å². The van der Waals surface area contributed by atoms with Crippen molar-refractivity contribution < 1.29 is 5.11 Å². The van der Waals surface area contributed by atoms with E-state index in [-0.39, 0.29) is 6.10 Å². The smallest absolute Gasteiger partial charge is 0.132 e. The predicted octanol–water partition coefficient (Wildman–Crippen LogP) is 1.11. The highest BCUT2D eigenvalue weighted by Gasteiger charge is 2.30. The largest absolute Gasteiger partial charge is 0.393 e. The Morgan fingerprint density at radius 3 is 2.38 bits per heavy atom. The van der Waals surface area contributed by atoms with Crippen LogP contribution in [0.25, 0.3) is 0 Å². The maximum absolute atomic E-state index is 9.67. The first-order chi connectivity index (χ1) is 11.7.